The minimum Gasteiger partial charge on any atom is -0.147 e. The van der Waals surface area contributed by atoms with Gasteiger partial charge in [0.05, 0.1) is 0 Å². The second-order valence-corrected chi connectivity index (χ2v) is 52.1. The average molecular weight is 583 g/mol. The van der Waals surface area contributed by atoms with E-state index in [-0.39, 0.29) is 24.8 Å². The Balaban J connectivity index is 0.00000420. The summed E-state index contributed by atoms with van der Waals surface area (Å²) in [5, 5.41) is 3.59. The Morgan fingerprint density at radius 2 is 0.967 bits per heavy atom. The van der Waals surface area contributed by atoms with E-state index < -0.39 is 33.5 Å². The Morgan fingerprint density at radius 1 is 0.700 bits per heavy atom. The molecule has 0 heterocycles. The minimum absolute atomic E-state index is 0. The zero-order valence-electron chi connectivity index (χ0n) is 21.7. The summed E-state index contributed by atoms with van der Waals surface area (Å²) in [4.78, 5) is 0. The molecule has 0 saturated carbocycles. The van der Waals surface area contributed by atoms with Crippen LogP contribution in [0.2, 0.25) is 48.5 Å². The van der Waals surface area contributed by atoms with E-state index >= 15 is 0 Å². The first-order valence-electron chi connectivity index (χ1n) is 11.3. The Kier molecular flexibility index (Phi) is 10.1. The van der Waals surface area contributed by atoms with Crippen molar-refractivity contribution in [3.8, 4) is 0 Å². The van der Waals surface area contributed by atoms with Gasteiger partial charge in [0.1, 0.15) is 0 Å². The fourth-order valence-corrected chi connectivity index (χ4v) is 23.2. The second-order valence-electron chi connectivity index (χ2n) is 13.1. The van der Waals surface area contributed by atoms with Gasteiger partial charge in [-0.25, -0.2) is 0 Å². The van der Waals surface area contributed by atoms with Gasteiger partial charge in [0, 0.05) is 0 Å². The van der Waals surface area contributed by atoms with E-state index in [9.17, 15) is 0 Å². The first-order chi connectivity index (χ1) is 12.3. The van der Waals surface area contributed by atoms with Crippen molar-refractivity contribution in [2.75, 3.05) is 0 Å². The van der Waals surface area contributed by atoms with Crippen LogP contribution in [0.5, 0.6) is 0 Å². The molecule has 0 spiro atoms. The molecule has 30 heavy (non-hydrogen) atoms. The Hall–Kier alpha value is 1.07. The van der Waals surface area contributed by atoms with Gasteiger partial charge >= 0.3 is 182 Å². The molecular weight excluding hydrogens is 535 g/mol. The predicted octanol–water partition coefficient (Wildman–Crippen LogP) is 8.40. The molecule has 0 amide bonds. The smallest absolute Gasteiger partial charge is 0.147 e. The summed E-state index contributed by atoms with van der Waals surface area (Å²) in [7, 11) is -2.51. The number of hydrogen-bond acceptors (Lipinski definition) is 0. The monoisotopic (exact) mass is 580 g/mol. The summed E-state index contributed by atoms with van der Waals surface area (Å²) in [5.41, 5.74) is 3.44. The van der Waals surface area contributed by atoms with Gasteiger partial charge in [-0.2, -0.15) is 0 Å². The molecule has 6 heteroatoms. The molecule has 0 nitrogen and oxygen atoms in total. The van der Waals surface area contributed by atoms with Gasteiger partial charge in [0.2, 0.25) is 0 Å². The molecule has 0 N–H and O–H groups in total. The summed E-state index contributed by atoms with van der Waals surface area (Å²) in [6.07, 6.45) is 7.92. The van der Waals surface area contributed by atoms with E-state index in [0.717, 1.165) is 0 Å². The first-order valence-corrected chi connectivity index (χ1v) is 31.6. The molecule has 0 unspecified atom stereocenters. The van der Waals surface area contributed by atoms with Crippen LogP contribution in [-0.4, -0.2) is 23.0 Å². The van der Waals surface area contributed by atoms with Crippen LogP contribution < -0.4 is 0 Å². The van der Waals surface area contributed by atoms with Crippen LogP contribution in [0.25, 0.3) is 0 Å². The van der Waals surface area contributed by atoms with Crippen LogP contribution in [0.15, 0.2) is 40.3 Å². The predicted molar refractivity (Wildman–Crippen MR) is 151 cm³/mol. The van der Waals surface area contributed by atoms with Crippen LogP contribution in [0, 0.1) is 11.8 Å². The summed E-state index contributed by atoms with van der Waals surface area (Å²) < 4.78 is 9.37. The number of hydrogen-bond donors (Lipinski definition) is 0. The van der Waals surface area contributed by atoms with Crippen molar-refractivity contribution in [2.24, 2.45) is 11.8 Å². The fourth-order valence-electron chi connectivity index (χ4n) is 4.91. The third-order valence-corrected chi connectivity index (χ3v) is 28.5. The average Bonchev–Trinajstić information content (AvgIpc) is 3.12. The van der Waals surface area contributed by atoms with Gasteiger partial charge in [-0.05, 0) is 0 Å². The van der Waals surface area contributed by atoms with Gasteiger partial charge in [-0.15, -0.1) is 24.8 Å². The quantitative estimate of drug-likeness (QED) is 0.276. The van der Waals surface area contributed by atoms with Crippen molar-refractivity contribution in [2.45, 2.75) is 89.1 Å². The van der Waals surface area contributed by atoms with Crippen LogP contribution in [0.1, 0.15) is 40.5 Å². The van der Waals surface area contributed by atoms with Gasteiger partial charge < -0.3 is 0 Å². The molecule has 0 saturated heterocycles. The zero-order valence-corrected chi connectivity index (χ0v) is 29.3. The van der Waals surface area contributed by atoms with Gasteiger partial charge in [0.15, 0.2) is 0 Å². The maximum Gasteiger partial charge on any atom is -0.147 e. The molecule has 174 valence electrons. The Labute approximate surface area is 204 Å². The van der Waals surface area contributed by atoms with Gasteiger partial charge in [-0.3, -0.25) is 0 Å². The number of allylic oxidation sites excluding steroid dienone is 8. The van der Waals surface area contributed by atoms with Crippen molar-refractivity contribution in [1.82, 2.24) is 0 Å². The third kappa shape index (κ3) is 6.14. The second kappa shape index (κ2) is 9.75. The summed E-state index contributed by atoms with van der Waals surface area (Å²) in [6, 6.07) is 0. The molecule has 0 radical (unpaired) electrons. The zero-order chi connectivity index (χ0) is 21.9. The SMILES string of the molecule is CC(C)C1=[C]([Zr]([CH3])([CH3])(=[SiH2])[C]2=C(C(C)C)C=C([Si](C)(C)C)C2)CC([Si](C)(C)C)=C1.Cl.Cl. The number of rotatable bonds is 6. The van der Waals surface area contributed by atoms with E-state index in [1.807, 2.05) is 6.56 Å². The maximum atomic E-state index is 2.76. The van der Waals surface area contributed by atoms with Crippen molar-refractivity contribution in [1.29, 1.82) is 0 Å². The largest absolute Gasteiger partial charge is 0.147 e. The number of halogens is 2. The minimum atomic E-state index is -3.20. The third-order valence-electron chi connectivity index (χ3n) is 7.20. The van der Waals surface area contributed by atoms with Crippen LogP contribution in [0.3, 0.4) is 0 Å². The van der Waals surface area contributed by atoms with Crippen molar-refractivity contribution < 1.29 is 17.4 Å². The van der Waals surface area contributed by atoms with E-state index in [2.05, 4.69) is 95.3 Å². The van der Waals surface area contributed by atoms with Gasteiger partial charge in [-0.1, -0.05) is 0 Å². The summed E-state index contributed by atoms with van der Waals surface area (Å²) in [6.45, 7) is 27.4. The molecule has 2 rings (SSSR count). The van der Waals surface area contributed by atoms with Crippen LogP contribution in [-0.2, 0) is 17.4 Å². The van der Waals surface area contributed by atoms with E-state index in [1.54, 1.807) is 21.5 Å². The molecule has 2 aliphatic rings. The molecule has 0 fully saturated rings. The van der Waals surface area contributed by atoms with Crippen molar-refractivity contribution in [3.05, 3.63) is 40.3 Å². The summed E-state index contributed by atoms with van der Waals surface area (Å²) >= 11 is -3.20. The first kappa shape index (κ1) is 31.1. The molecule has 0 aromatic heterocycles. The Morgan fingerprint density at radius 3 is 1.17 bits per heavy atom. The molecule has 0 aliphatic heterocycles. The molecule has 0 aromatic rings. The molecule has 0 aromatic carbocycles. The summed E-state index contributed by atoms with van der Waals surface area (Å²) in [5.74, 6) is 1.30. The van der Waals surface area contributed by atoms with E-state index in [1.165, 1.54) is 12.8 Å². The fraction of sp³-hybridized carbons (Fsp3) is 0.667. The van der Waals surface area contributed by atoms with E-state index in [4.69, 9.17) is 0 Å². The van der Waals surface area contributed by atoms with Crippen molar-refractivity contribution in [3.63, 3.8) is 0 Å². The Bertz CT molecular complexity index is 801. The topological polar surface area (TPSA) is 0 Å². The standard InChI is InChI=1S/2C11H19Si.2CH3.2ClH.H2Si.Zr/c2*1-9(2)10-6-7-11(8-10)12(3,4)5;;;;;;/h2*8-9H,7H2,1-5H3;2*1H3;2*1H;1H2;. The van der Waals surface area contributed by atoms with E-state index in [0.29, 0.717) is 11.8 Å². The van der Waals surface area contributed by atoms with Crippen LogP contribution >= 0.6 is 24.8 Å². The molecule has 0 atom stereocenters. The normalized spacial score (nSPS) is 18.6. The molecule has 0 bridgehead atoms. The van der Waals surface area contributed by atoms with Gasteiger partial charge in [0.25, 0.3) is 0 Å². The molecular formula is C24H48Cl2Si3Zr. The van der Waals surface area contributed by atoms with Crippen molar-refractivity contribution >= 4 is 47.8 Å². The maximum absolute atomic E-state index is 3.20. The van der Waals surface area contributed by atoms with Crippen LogP contribution in [0.4, 0.5) is 0 Å². The molecule has 2 aliphatic carbocycles.